The van der Waals surface area contributed by atoms with Crippen molar-refractivity contribution >= 4 is 57.7 Å². The van der Waals surface area contributed by atoms with Crippen molar-refractivity contribution in [3.8, 4) is 11.5 Å². The minimum absolute atomic E-state index is 0. The molecule has 0 radical (unpaired) electrons. The fourth-order valence-electron chi connectivity index (χ4n) is 6.29. The van der Waals surface area contributed by atoms with Crippen molar-refractivity contribution in [2.45, 2.75) is 83.8 Å². The third kappa shape index (κ3) is 5.87. The van der Waals surface area contributed by atoms with Gasteiger partial charge in [0, 0.05) is 27.7 Å². The van der Waals surface area contributed by atoms with Gasteiger partial charge in [0.2, 0.25) is 0 Å². The Kier molecular flexibility index (Phi) is 8.86. The number of rotatable bonds is 3. The summed E-state index contributed by atoms with van der Waals surface area (Å²) in [6.45, 7) is 18.6. The standard InChI is InChI=1S/C33H37BrN4Si.Zn/c1-20(2)39(21(3)4,22(5)6)12-11-23-13-26-18-32-33(7,8)19-28(38-32)17-31-29(34)15-27(37-31)14-24-9-10-25(35-24)16-30(23)36-26;/h9-10,13-18,20-22H,19H2,1-8H3;/q-2;+2. The van der Waals surface area contributed by atoms with Gasteiger partial charge in [0.15, 0.2) is 0 Å². The number of fused-ring (bicyclic) bond motifs is 8. The average Bonchev–Trinajstić information content (AvgIpc) is 3.57. The van der Waals surface area contributed by atoms with Gasteiger partial charge in [-0.3, -0.25) is 4.98 Å². The third-order valence-electron chi connectivity index (χ3n) is 8.30. The molecule has 0 N–H and O–H groups in total. The van der Waals surface area contributed by atoms with E-state index in [1.165, 1.54) is 0 Å². The maximum Gasteiger partial charge on any atom is 2.00 e. The molecule has 3 aromatic rings. The van der Waals surface area contributed by atoms with E-state index in [1.54, 1.807) is 0 Å². The zero-order valence-corrected chi connectivity index (χ0v) is 30.5. The van der Waals surface area contributed by atoms with Gasteiger partial charge < -0.3 is 9.97 Å². The number of allylic oxidation sites excluding steroid dienone is 1. The van der Waals surface area contributed by atoms with Crippen LogP contribution >= 0.6 is 15.9 Å². The Balaban J connectivity index is 0.00000370. The van der Waals surface area contributed by atoms with Gasteiger partial charge in [-0.05, 0) is 34.8 Å². The molecule has 202 valence electrons. The molecule has 0 unspecified atom stereocenters. The fourth-order valence-corrected chi connectivity index (χ4v) is 11.9. The second kappa shape index (κ2) is 11.6. The van der Waals surface area contributed by atoms with Gasteiger partial charge in [-0.25, -0.2) is 4.98 Å². The van der Waals surface area contributed by atoms with Crippen LogP contribution in [0.15, 0.2) is 46.9 Å². The van der Waals surface area contributed by atoms with E-state index in [2.05, 4.69) is 107 Å². The summed E-state index contributed by atoms with van der Waals surface area (Å²) in [6.07, 6.45) is 2.98. The minimum Gasteiger partial charge on any atom is -0.658 e. The maximum absolute atomic E-state index is 5.05. The molecule has 7 heteroatoms. The van der Waals surface area contributed by atoms with Crippen LogP contribution in [0.2, 0.25) is 16.6 Å². The molecular formula is C33H37BrN4SiZn. The molecule has 5 heterocycles. The van der Waals surface area contributed by atoms with Gasteiger partial charge in [0.05, 0.1) is 17.0 Å². The first-order chi connectivity index (χ1) is 18.4. The van der Waals surface area contributed by atoms with Crippen LogP contribution in [-0.4, -0.2) is 18.0 Å². The number of hydrogen-bond acceptors (Lipinski definition) is 2. The normalized spacial score (nSPS) is 14.7. The molecule has 0 saturated carbocycles. The Labute approximate surface area is 260 Å². The maximum atomic E-state index is 5.05. The Hall–Kier alpha value is -2.26. The monoisotopic (exact) mass is 660 g/mol. The molecule has 0 amide bonds. The van der Waals surface area contributed by atoms with E-state index in [4.69, 9.17) is 19.9 Å². The van der Waals surface area contributed by atoms with Crippen LogP contribution < -0.4 is 9.97 Å². The first kappa shape index (κ1) is 30.7. The Morgan fingerprint density at radius 2 is 1.50 bits per heavy atom. The zero-order chi connectivity index (χ0) is 28.1. The van der Waals surface area contributed by atoms with E-state index < -0.39 is 8.07 Å². The average molecular weight is 663 g/mol. The van der Waals surface area contributed by atoms with Crippen molar-refractivity contribution in [2.75, 3.05) is 0 Å². The number of nitrogens with zero attached hydrogens (tertiary/aromatic N) is 4. The van der Waals surface area contributed by atoms with Crippen LogP contribution in [0.25, 0.3) is 33.7 Å². The molecule has 2 aliphatic heterocycles. The van der Waals surface area contributed by atoms with Crippen molar-refractivity contribution in [1.29, 1.82) is 0 Å². The molecule has 0 aliphatic carbocycles. The first-order valence-corrected chi connectivity index (χ1v) is 16.9. The van der Waals surface area contributed by atoms with Crippen LogP contribution in [0.4, 0.5) is 0 Å². The quantitative estimate of drug-likeness (QED) is 0.208. The molecule has 40 heavy (non-hydrogen) atoms. The van der Waals surface area contributed by atoms with Gasteiger partial charge in [0.25, 0.3) is 0 Å². The van der Waals surface area contributed by atoms with Gasteiger partial charge in [-0.2, -0.15) is 0 Å². The second-order valence-corrected chi connectivity index (χ2v) is 18.9. The molecule has 0 aromatic carbocycles. The van der Waals surface area contributed by atoms with Gasteiger partial charge in [0.1, 0.15) is 8.07 Å². The van der Waals surface area contributed by atoms with Crippen LogP contribution in [-0.2, 0) is 31.3 Å². The summed E-state index contributed by atoms with van der Waals surface area (Å²) in [6, 6.07) is 14.4. The van der Waals surface area contributed by atoms with Crippen LogP contribution in [0, 0.1) is 11.5 Å². The summed E-state index contributed by atoms with van der Waals surface area (Å²) in [4.78, 5) is 19.7. The summed E-state index contributed by atoms with van der Waals surface area (Å²) in [5.74, 6) is 3.65. The molecule has 0 atom stereocenters. The smallest absolute Gasteiger partial charge is 0.658 e. The van der Waals surface area contributed by atoms with E-state index in [1.807, 2.05) is 24.3 Å². The largest absolute Gasteiger partial charge is 2.00 e. The summed E-state index contributed by atoms with van der Waals surface area (Å²) in [5.41, 5.74) is 13.8. The molecule has 0 saturated heterocycles. The Bertz CT molecular complexity index is 1660. The summed E-state index contributed by atoms with van der Waals surface area (Å²) in [7, 11) is -1.89. The molecule has 4 nitrogen and oxygen atoms in total. The van der Waals surface area contributed by atoms with E-state index in [9.17, 15) is 0 Å². The SMILES string of the molecule is CC(C)[Si](C#CC1=Cc2cc3nc(cc4[n-]c(cc4Br)cc4ccc(cc1n2)[n-]4)CC3(C)C)(C(C)C)C(C)C.[Zn+2]. The minimum atomic E-state index is -1.89. The predicted octanol–water partition coefficient (Wildman–Crippen LogP) is 8.62. The summed E-state index contributed by atoms with van der Waals surface area (Å²) >= 11 is 3.68. The summed E-state index contributed by atoms with van der Waals surface area (Å²) in [5, 5.41) is 0. The van der Waals surface area contributed by atoms with Crippen molar-refractivity contribution in [3.63, 3.8) is 0 Å². The number of halogens is 1. The molecule has 8 bridgehead atoms. The van der Waals surface area contributed by atoms with E-state index in [0.29, 0.717) is 16.6 Å². The predicted molar refractivity (Wildman–Crippen MR) is 170 cm³/mol. The van der Waals surface area contributed by atoms with Gasteiger partial charge in [-0.1, -0.05) is 108 Å². The van der Waals surface area contributed by atoms with Gasteiger partial charge >= 0.3 is 19.5 Å². The van der Waals surface area contributed by atoms with Crippen molar-refractivity contribution in [2.24, 2.45) is 0 Å². The fraction of sp³-hybridized carbons (Fsp3) is 0.394. The van der Waals surface area contributed by atoms with Gasteiger partial charge in [-0.15, -0.1) is 27.6 Å². The van der Waals surface area contributed by atoms with Crippen molar-refractivity contribution in [3.05, 3.63) is 69.7 Å². The van der Waals surface area contributed by atoms with Crippen molar-refractivity contribution < 1.29 is 19.5 Å². The van der Waals surface area contributed by atoms with E-state index >= 15 is 0 Å². The molecule has 5 rings (SSSR count). The molecular weight excluding hydrogens is 626 g/mol. The first-order valence-electron chi connectivity index (χ1n) is 13.9. The van der Waals surface area contributed by atoms with Crippen LogP contribution in [0.3, 0.4) is 0 Å². The Morgan fingerprint density at radius 1 is 0.850 bits per heavy atom. The van der Waals surface area contributed by atoms with Crippen LogP contribution in [0.5, 0.6) is 0 Å². The van der Waals surface area contributed by atoms with Crippen molar-refractivity contribution in [1.82, 2.24) is 19.9 Å². The van der Waals surface area contributed by atoms with E-state index in [-0.39, 0.29) is 24.9 Å². The topological polar surface area (TPSA) is 54.0 Å². The summed E-state index contributed by atoms with van der Waals surface area (Å²) < 4.78 is 0.961. The molecule has 0 fully saturated rings. The zero-order valence-electron chi connectivity index (χ0n) is 24.9. The third-order valence-corrected chi connectivity index (χ3v) is 15.2. The second-order valence-electron chi connectivity index (χ2n) is 12.5. The number of hydrogen-bond donors (Lipinski definition) is 0. The van der Waals surface area contributed by atoms with E-state index in [0.717, 1.165) is 61.3 Å². The van der Waals surface area contributed by atoms with Crippen LogP contribution in [0.1, 0.15) is 78.2 Å². The Morgan fingerprint density at radius 3 is 2.15 bits per heavy atom. The molecule has 2 aliphatic rings. The molecule has 0 spiro atoms. The molecule has 3 aromatic heterocycles. The number of aromatic nitrogens is 4.